The Morgan fingerprint density at radius 3 is 1.70 bits per heavy atom. The smallest absolute Gasteiger partial charge is 0.238 e. The fourth-order valence-corrected chi connectivity index (χ4v) is 7.04. The summed E-state index contributed by atoms with van der Waals surface area (Å²) in [4.78, 5) is 15.3. The van der Waals surface area contributed by atoms with E-state index in [4.69, 9.17) is 19.4 Å². The van der Waals surface area contributed by atoms with Gasteiger partial charge in [0.2, 0.25) is 5.95 Å². The first-order chi connectivity index (χ1) is 22.8. The largest absolute Gasteiger partial charge is 0.455 e. The number of fused-ring (bicyclic) bond motifs is 12. The quantitative estimate of drug-likeness (QED) is 0.193. The van der Waals surface area contributed by atoms with Gasteiger partial charge in [0.1, 0.15) is 11.2 Å². The normalized spacial score (nSPS) is 11.9. The van der Waals surface area contributed by atoms with Gasteiger partial charge in [0.05, 0.1) is 11.0 Å². The number of benzene rings is 7. The summed E-state index contributed by atoms with van der Waals surface area (Å²) in [6.07, 6.45) is 0. The van der Waals surface area contributed by atoms with Crippen LogP contribution in [0.25, 0.3) is 94.0 Å². The van der Waals surface area contributed by atoms with Gasteiger partial charge in [-0.2, -0.15) is 9.97 Å². The molecule has 46 heavy (non-hydrogen) atoms. The minimum atomic E-state index is 0.570. The number of hydrogen-bond donors (Lipinski definition) is 0. The van der Waals surface area contributed by atoms with Crippen molar-refractivity contribution in [2.75, 3.05) is 0 Å². The summed E-state index contributed by atoms with van der Waals surface area (Å²) in [7, 11) is 0. The molecule has 0 saturated heterocycles. The van der Waals surface area contributed by atoms with Gasteiger partial charge in [0.15, 0.2) is 11.6 Å². The molecule has 0 radical (unpaired) electrons. The summed E-state index contributed by atoms with van der Waals surface area (Å²) < 4.78 is 8.91. The van der Waals surface area contributed by atoms with Gasteiger partial charge < -0.3 is 4.42 Å². The van der Waals surface area contributed by atoms with E-state index in [0.29, 0.717) is 17.6 Å². The third-order valence-electron chi connectivity index (χ3n) is 9.03. The zero-order chi connectivity index (χ0) is 30.2. The Hall–Kier alpha value is -6.33. The first-order valence-electron chi connectivity index (χ1n) is 15.4. The van der Waals surface area contributed by atoms with E-state index < -0.39 is 0 Å². The second kappa shape index (κ2) is 9.58. The molecule has 0 bridgehead atoms. The first-order valence-corrected chi connectivity index (χ1v) is 15.4. The SMILES string of the molecule is c1ccc(-c2nc(-c3ccccc3)nc(-n3c4ccccc4c4c5c(ccc6c7ccccc7oc65)c5ccccc5c43)n2)cc1. The third kappa shape index (κ3) is 3.54. The van der Waals surface area contributed by atoms with Gasteiger partial charge >= 0.3 is 0 Å². The van der Waals surface area contributed by atoms with E-state index >= 15 is 0 Å². The minimum Gasteiger partial charge on any atom is -0.455 e. The van der Waals surface area contributed by atoms with Crippen molar-refractivity contribution in [3.63, 3.8) is 0 Å². The highest BCUT2D eigenvalue weighted by molar-refractivity contribution is 6.37. The average molecular weight is 589 g/mol. The van der Waals surface area contributed by atoms with Crippen LogP contribution in [0.1, 0.15) is 0 Å². The molecule has 0 unspecified atom stereocenters. The Bertz CT molecular complexity index is 2740. The molecule has 0 aliphatic rings. The molecular weight excluding hydrogens is 564 g/mol. The van der Waals surface area contributed by atoms with Crippen LogP contribution < -0.4 is 0 Å². The van der Waals surface area contributed by atoms with E-state index in [1.807, 2.05) is 72.8 Å². The molecule has 0 spiro atoms. The van der Waals surface area contributed by atoms with Crippen molar-refractivity contribution in [1.29, 1.82) is 0 Å². The summed E-state index contributed by atoms with van der Waals surface area (Å²) in [6, 6.07) is 50.1. The molecule has 10 rings (SSSR count). The fourth-order valence-electron chi connectivity index (χ4n) is 7.04. The summed E-state index contributed by atoms with van der Waals surface area (Å²) in [5.74, 6) is 1.82. The molecule has 7 aromatic carbocycles. The van der Waals surface area contributed by atoms with Crippen molar-refractivity contribution in [2.45, 2.75) is 0 Å². The van der Waals surface area contributed by atoms with Crippen molar-refractivity contribution < 1.29 is 4.42 Å². The highest BCUT2D eigenvalue weighted by atomic mass is 16.3. The molecular formula is C41H24N4O. The van der Waals surface area contributed by atoms with E-state index in [1.165, 1.54) is 0 Å². The maximum absolute atomic E-state index is 6.69. The molecule has 3 heterocycles. The number of hydrogen-bond acceptors (Lipinski definition) is 4. The van der Waals surface area contributed by atoms with Crippen LogP contribution >= 0.6 is 0 Å². The maximum atomic E-state index is 6.69. The number of aromatic nitrogens is 4. The Morgan fingerprint density at radius 1 is 0.413 bits per heavy atom. The molecule has 0 saturated carbocycles. The van der Waals surface area contributed by atoms with E-state index in [-0.39, 0.29) is 0 Å². The van der Waals surface area contributed by atoms with Gasteiger partial charge in [-0.05, 0) is 29.0 Å². The first kappa shape index (κ1) is 25.0. The Labute approximate surface area is 263 Å². The van der Waals surface area contributed by atoms with E-state index in [9.17, 15) is 0 Å². The van der Waals surface area contributed by atoms with Crippen LogP contribution in [0.4, 0.5) is 0 Å². The van der Waals surface area contributed by atoms with Crippen LogP contribution in [0, 0.1) is 0 Å². The highest BCUT2D eigenvalue weighted by Crippen LogP contribution is 2.46. The zero-order valence-electron chi connectivity index (χ0n) is 24.6. The predicted molar refractivity (Wildman–Crippen MR) is 187 cm³/mol. The van der Waals surface area contributed by atoms with Gasteiger partial charge in [-0.1, -0.05) is 127 Å². The molecule has 0 amide bonds. The predicted octanol–water partition coefficient (Wildman–Crippen LogP) is 10.5. The Kier molecular flexibility index (Phi) is 5.22. The lowest BCUT2D eigenvalue weighted by Crippen LogP contribution is -2.06. The van der Waals surface area contributed by atoms with Crippen LogP contribution in [0.15, 0.2) is 150 Å². The molecule has 0 N–H and O–H groups in total. The molecule has 0 aliphatic carbocycles. The van der Waals surface area contributed by atoms with Crippen molar-refractivity contribution in [3.8, 4) is 28.7 Å². The third-order valence-corrected chi connectivity index (χ3v) is 9.03. The lowest BCUT2D eigenvalue weighted by Gasteiger charge is -2.13. The Morgan fingerprint density at radius 2 is 0.978 bits per heavy atom. The van der Waals surface area contributed by atoms with Gasteiger partial charge in [-0.15, -0.1) is 0 Å². The highest BCUT2D eigenvalue weighted by Gasteiger charge is 2.24. The van der Waals surface area contributed by atoms with E-state index in [2.05, 4.69) is 77.4 Å². The topological polar surface area (TPSA) is 56.7 Å². The molecule has 0 aliphatic heterocycles. The second-order valence-electron chi connectivity index (χ2n) is 11.6. The zero-order valence-corrected chi connectivity index (χ0v) is 24.6. The molecule has 5 nitrogen and oxygen atoms in total. The van der Waals surface area contributed by atoms with Gasteiger partial charge in [-0.25, -0.2) is 4.98 Å². The Balaban J connectivity index is 1.43. The number of para-hydroxylation sites is 2. The van der Waals surface area contributed by atoms with Gasteiger partial charge in [0.25, 0.3) is 0 Å². The van der Waals surface area contributed by atoms with Crippen molar-refractivity contribution >= 4 is 65.3 Å². The van der Waals surface area contributed by atoms with Crippen molar-refractivity contribution in [1.82, 2.24) is 19.5 Å². The maximum Gasteiger partial charge on any atom is 0.238 e. The van der Waals surface area contributed by atoms with Crippen LogP contribution in [0.3, 0.4) is 0 Å². The van der Waals surface area contributed by atoms with Crippen molar-refractivity contribution in [3.05, 3.63) is 146 Å². The minimum absolute atomic E-state index is 0.570. The fraction of sp³-hybridized carbons (Fsp3) is 0. The van der Waals surface area contributed by atoms with Crippen LogP contribution in [0.5, 0.6) is 0 Å². The van der Waals surface area contributed by atoms with Crippen molar-refractivity contribution in [2.24, 2.45) is 0 Å². The van der Waals surface area contributed by atoms with E-state index in [0.717, 1.165) is 76.4 Å². The molecule has 214 valence electrons. The molecule has 0 atom stereocenters. The van der Waals surface area contributed by atoms with Gasteiger partial charge in [0, 0.05) is 43.4 Å². The summed E-state index contributed by atoms with van der Waals surface area (Å²) >= 11 is 0. The number of furan rings is 1. The standard InChI is InChI=1S/C41H24N4O/c1-3-13-25(14-4-1)39-42-40(26-15-5-2-6-16-26)44-41(43-39)45-33-21-11-9-20-32(33)35-36-29(27-17-7-8-19-30(27)37(35)45)23-24-31-28-18-10-12-22-34(28)46-38(31)36/h1-24H. The van der Waals surface area contributed by atoms with Crippen LogP contribution in [0.2, 0.25) is 0 Å². The van der Waals surface area contributed by atoms with Crippen LogP contribution in [-0.2, 0) is 0 Å². The molecule has 0 fully saturated rings. The average Bonchev–Trinajstić information content (AvgIpc) is 3.69. The second-order valence-corrected chi connectivity index (χ2v) is 11.6. The number of nitrogens with zero attached hydrogens (tertiary/aromatic N) is 4. The summed E-state index contributed by atoms with van der Waals surface area (Å²) in [6.45, 7) is 0. The molecule has 3 aromatic heterocycles. The lowest BCUT2D eigenvalue weighted by molar-refractivity contribution is 0.673. The monoisotopic (exact) mass is 588 g/mol. The van der Waals surface area contributed by atoms with Crippen LogP contribution in [-0.4, -0.2) is 19.5 Å². The lowest BCUT2D eigenvalue weighted by atomic mass is 9.95. The number of rotatable bonds is 3. The molecule has 10 aromatic rings. The summed E-state index contributed by atoms with van der Waals surface area (Å²) in [5, 5.41) is 8.98. The van der Waals surface area contributed by atoms with E-state index in [1.54, 1.807) is 0 Å². The summed E-state index contributed by atoms with van der Waals surface area (Å²) in [5.41, 5.74) is 5.70. The van der Waals surface area contributed by atoms with Gasteiger partial charge in [-0.3, -0.25) is 4.57 Å². The molecule has 5 heteroatoms.